The Bertz CT molecular complexity index is 977. The highest BCUT2D eigenvalue weighted by Crippen LogP contribution is 2.27. The van der Waals surface area contributed by atoms with Crippen molar-refractivity contribution in [3.8, 4) is 5.75 Å². The normalized spacial score (nSPS) is 14.7. The van der Waals surface area contributed by atoms with Crippen molar-refractivity contribution in [2.24, 2.45) is 5.92 Å². The summed E-state index contributed by atoms with van der Waals surface area (Å²) in [4.78, 5) is 15.0. The van der Waals surface area contributed by atoms with Crippen LogP contribution in [0, 0.1) is 5.92 Å². The molecule has 2 aromatic heterocycles. The Morgan fingerprint density at radius 3 is 2.65 bits per heavy atom. The maximum atomic E-state index is 12.7. The number of aromatic nitrogens is 3. The first kappa shape index (κ1) is 21.5. The Kier molecular flexibility index (Phi) is 6.96. The van der Waals surface area contributed by atoms with Crippen LogP contribution in [-0.2, 0) is 6.54 Å². The number of piperidine rings is 1. The molecule has 164 valence electrons. The van der Waals surface area contributed by atoms with Gasteiger partial charge in [0, 0.05) is 18.7 Å². The van der Waals surface area contributed by atoms with E-state index in [4.69, 9.17) is 9.15 Å². The number of hydrogen-bond donors (Lipinski definition) is 0. The molecule has 1 fully saturated rings. The molecule has 0 atom stereocenters. The molecule has 3 heterocycles. The van der Waals surface area contributed by atoms with Crippen LogP contribution < -0.4 is 9.64 Å². The average molecular weight is 441 g/mol. The highest BCUT2D eigenvalue weighted by molar-refractivity contribution is 7.99. The van der Waals surface area contributed by atoms with Crippen LogP contribution >= 0.6 is 11.8 Å². The van der Waals surface area contributed by atoms with Crippen LogP contribution in [-0.4, -0.2) is 46.0 Å². The van der Waals surface area contributed by atoms with Crippen molar-refractivity contribution in [1.29, 1.82) is 0 Å². The summed E-state index contributed by atoms with van der Waals surface area (Å²) in [5.41, 5.74) is 0.665. The van der Waals surface area contributed by atoms with Crippen LogP contribution in [0.15, 0.2) is 52.2 Å². The number of benzene rings is 1. The fourth-order valence-corrected chi connectivity index (χ4v) is 4.47. The molecule has 8 heteroatoms. The van der Waals surface area contributed by atoms with Crippen LogP contribution in [0.25, 0.3) is 0 Å². The lowest BCUT2D eigenvalue weighted by atomic mass is 10.00. The van der Waals surface area contributed by atoms with Crippen molar-refractivity contribution in [3.63, 3.8) is 0 Å². The summed E-state index contributed by atoms with van der Waals surface area (Å²) in [5, 5.41) is 9.62. The molecule has 0 bridgehead atoms. The molecule has 1 saturated heterocycles. The smallest absolute Gasteiger partial charge is 0.228 e. The van der Waals surface area contributed by atoms with Gasteiger partial charge in [0.15, 0.2) is 10.9 Å². The summed E-state index contributed by atoms with van der Waals surface area (Å²) in [5.74, 6) is 3.53. The molecule has 1 aliphatic heterocycles. The largest absolute Gasteiger partial charge is 0.494 e. The van der Waals surface area contributed by atoms with Crippen molar-refractivity contribution in [2.45, 2.75) is 38.4 Å². The number of ketones is 1. The van der Waals surface area contributed by atoms with Crippen molar-refractivity contribution in [2.75, 3.05) is 30.3 Å². The molecule has 31 heavy (non-hydrogen) atoms. The zero-order valence-electron chi connectivity index (χ0n) is 18.0. The number of carbonyl (C=O) groups is 1. The summed E-state index contributed by atoms with van der Waals surface area (Å²) in [6.07, 6.45) is 3.96. The fraction of sp³-hybridized carbons (Fsp3) is 0.435. The van der Waals surface area contributed by atoms with Crippen molar-refractivity contribution in [1.82, 2.24) is 14.8 Å². The molecule has 0 aliphatic carbocycles. The Labute approximate surface area is 186 Å². The monoisotopic (exact) mass is 440 g/mol. The third-order valence-corrected chi connectivity index (χ3v) is 6.44. The van der Waals surface area contributed by atoms with Gasteiger partial charge in [0.25, 0.3) is 0 Å². The minimum Gasteiger partial charge on any atom is -0.494 e. The molecule has 1 aliphatic rings. The van der Waals surface area contributed by atoms with E-state index in [-0.39, 0.29) is 5.78 Å². The first-order valence-corrected chi connectivity index (χ1v) is 11.7. The summed E-state index contributed by atoms with van der Waals surface area (Å²) in [6, 6.07) is 11.1. The Hall–Kier alpha value is -2.74. The lowest BCUT2D eigenvalue weighted by Crippen LogP contribution is -2.35. The van der Waals surface area contributed by atoms with Crippen LogP contribution in [0.1, 0.15) is 42.8 Å². The first-order valence-electron chi connectivity index (χ1n) is 10.7. The first-order chi connectivity index (χ1) is 15.1. The van der Waals surface area contributed by atoms with E-state index in [0.717, 1.165) is 54.5 Å². The van der Waals surface area contributed by atoms with Gasteiger partial charge in [-0.15, -0.1) is 10.2 Å². The third kappa shape index (κ3) is 5.31. The number of ether oxygens (including phenoxy) is 1. The second-order valence-corrected chi connectivity index (χ2v) is 8.73. The van der Waals surface area contributed by atoms with E-state index in [1.54, 1.807) is 6.26 Å². The maximum absolute atomic E-state index is 12.7. The second-order valence-electron chi connectivity index (χ2n) is 7.79. The van der Waals surface area contributed by atoms with Gasteiger partial charge in [-0.3, -0.25) is 9.36 Å². The third-order valence-electron chi connectivity index (χ3n) is 5.48. The SMILES string of the molecule is CCOc1ccc(C(=O)CSc2nnc(N3CCC(C)CC3)n2Cc2ccco2)cc1. The topological polar surface area (TPSA) is 73.4 Å². The van der Waals surface area contributed by atoms with Gasteiger partial charge >= 0.3 is 0 Å². The number of furan rings is 1. The highest BCUT2D eigenvalue weighted by Gasteiger charge is 2.23. The van der Waals surface area contributed by atoms with Crippen molar-refractivity contribution in [3.05, 3.63) is 54.0 Å². The van der Waals surface area contributed by atoms with E-state index in [1.165, 1.54) is 11.8 Å². The summed E-state index contributed by atoms with van der Waals surface area (Å²) >= 11 is 1.41. The molecule has 0 radical (unpaired) electrons. The minimum atomic E-state index is 0.0499. The number of anilines is 1. The molecule has 3 aromatic rings. The average Bonchev–Trinajstić information content (AvgIpc) is 3.44. The quantitative estimate of drug-likeness (QED) is 0.357. The van der Waals surface area contributed by atoms with Crippen LogP contribution in [0.4, 0.5) is 5.95 Å². The van der Waals surface area contributed by atoms with Gasteiger partial charge in [0.05, 0.1) is 25.2 Å². The van der Waals surface area contributed by atoms with E-state index >= 15 is 0 Å². The van der Waals surface area contributed by atoms with Crippen LogP contribution in [0.2, 0.25) is 0 Å². The predicted octanol–water partition coefficient (Wildman–Crippen LogP) is 4.53. The molecule has 4 rings (SSSR count). The zero-order valence-corrected chi connectivity index (χ0v) is 18.8. The van der Waals surface area contributed by atoms with Crippen LogP contribution in [0.3, 0.4) is 0 Å². The molecule has 0 amide bonds. The van der Waals surface area contributed by atoms with Gasteiger partial charge in [-0.1, -0.05) is 18.7 Å². The number of Topliss-reactive ketones (excluding diaryl/α,β-unsaturated/α-hetero) is 1. The van der Waals surface area contributed by atoms with Gasteiger partial charge < -0.3 is 14.1 Å². The predicted molar refractivity (Wildman–Crippen MR) is 121 cm³/mol. The molecule has 0 N–H and O–H groups in total. The van der Waals surface area contributed by atoms with Gasteiger partial charge in [-0.05, 0) is 62.1 Å². The van der Waals surface area contributed by atoms with E-state index < -0.39 is 0 Å². The molecular formula is C23H28N4O3S. The number of hydrogen-bond acceptors (Lipinski definition) is 7. The van der Waals surface area contributed by atoms with Gasteiger partial charge in [-0.2, -0.15) is 0 Å². The van der Waals surface area contributed by atoms with E-state index in [2.05, 4.69) is 26.6 Å². The molecule has 7 nitrogen and oxygen atoms in total. The van der Waals surface area contributed by atoms with Gasteiger partial charge in [0.1, 0.15) is 11.5 Å². The Morgan fingerprint density at radius 1 is 1.19 bits per heavy atom. The maximum Gasteiger partial charge on any atom is 0.228 e. The zero-order chi connectivity index (χ0) is 21.6. The molecular weight excluding hydrogens is 412 g/mol. The molecule has 0 saturated carbocycles. The molecule has 0 spiro atoms. The molecule has 1 aromatic carbocycles. The number of thioether (sulfide) groups is 1. The summed E-state index contributed by atoms with van der Waals surface area (Å²) in [6.45, 7) is 7.31. The summed E-state index contributed by atoms with van der Waals surface area (Å²) in [7, 11) is 0. The number of nitrogens with zero attached hydrogens (tertiary/aromatic N) is 4. The highest BCUT2D eigenvalue weighted by atomic mass is 32.2. The lowest BCUT2D eigenvalue weighted by Gasteiger charge is -2.31. The standard InChI is InChI=1S/C23H28N4O3S/c1-3-29-19-8-6-18(7-9-19)21(28)16-31-23-25-24-22(26-12-10-17(2)11-13-26)27(23)15-20-5-4-14-30-20/h4-9,14,17H,3,10-13,15-16H2,1-2H3. The lowest BCUT2D eigenvalue weighted by molar-refractivity contribution is 0.102. The van der Waals surface area contributed by atoms with E-state index in [0.29, 0.717) is 24.5 Å². The Morgan fingerprint density at radius 2 is 1.97 bits per heavy atom. The molecule has 0 unspecified atom stereocenters. The van der Waals surface area contributed by atoms with Crippen molar-refractivity contribution >= 4 is 23.5 Å². The van der Waals surface area contributed by atoms with Crippen LogP contribution in [0.5, 0.6) is 5.75 Å². The van der Waals surface area contributed by atoms with Gasteiger partial charge in [0.2, 0.25) is 5.95 Å². The Balaban J connectivity index is 1.48. The number of rotatable bonds is 9. The minimum absolute atomic E-state index is 0.0499. The fourth-order valence-electron chi connectivity index (χ4n) is 3.64. The van der Waals surface area contributed by atoms with Gasteiger partial charge in [-0.25, -0.2) is 0 Å². The number of carbonyl (C=O) groups excluding carboxylic acids is 1. The van der Waals surface area contributed by atoms with E-state index in [1.807, 2.05) is 43.3 Å². The van der Waals surface area contributed by atoms with E-state index in [9.17, 15) is 4.79 Å². The van der Waals surface area contributed by atoms with Crippen molar-refractivity contribution < 1.29 is 13.9 Å². The second kappa shape index (κ2) is 10.0. The summed E-state index contributed by atoms with van der Waals surface area (Å²) < 4.78 is 13.1.